The molecule has 1 unspecified atom stereocenters. The Labute approximate surface area is 117 Å². The smallest absolute Gasteiger partial charge is 0.192 e. The molecule has 0 aliphatic carbocycles. The molecule has 1 saturated heterocycles. The first kappa shape index (κ1) is 14.6. The molecule has 19 heavy (non-hydrogen) atoms. The van der Waals surface area contributed by atoms with Crippen molar-refractivity contribution in [3.8, 4) is 0 Å². The minimum Gasteiger partial charge on any atom is -0.359 e. The fourth-order valence-electron chi connectivity index (χ4n) is 2.09. The zero-order valence-corrected chi connectivity index (χ0v) is 12.5. The van der Waals surface area contributed by atoms with Crippen molar-refractivity contribution in [2.24, 2.45) is 0 Å². The summed E-state index contributed by atoms with van der Waals surface area (Å²) >= 11 is 1.63. The number of nitrogens with one attached hydrogen (secondary N) is 1. The number of hydrogen-bond acceptors (Lipinski definition) is 5. The van der Waals surface area contributed by atoms with Crippen LogP contribution in [0.4, 0.5) is 0 Å². The van der Waals surface area contributed by atoms with Crippen molar-refractivity contribution in [2.45, 2.75) is 12.3 Å². The van der Waals surface area contributed by atoms with Gasteiger partial charge in [0, 0.05) is 30.0 Å². The van der Waals surface area contributed by atoms with Gasteiger partial charge in [-0.05, 0) is 12.1 Å². The van der Waals surface area contributed by atoms with Gasteiger partial charge in [0.15, 0.2) is 15.6 Å². The van der Waals surface area contributed by atoms with E-state index in [0.29, 0.717) is 18.0 Å². The van der Waals surface area contributed by atoms with E-state index in [1.54, 1.807) is 41.9 Å². The van der Waals surface area contributed by atoms with Crippen molar-refractivity contribution in [1.29, 1.82) is 0 Å². The summed E-state index contributed by atoms with van der Waals surface area (Å²) in [5.41, 5.74) is 0.533. The molecule has 1 aromatic rings. The maximum absolute atomic E-state index is 12.1. The zero-order valence-electron chi connectivity index (χ0n) is 10.8. The number of nitrogens with zero attached hydrogens (tertiary/aromatic N) is 1. The van der Waals surface area contributed by atoms with E-state index in [0.717, 1.165) is 5.75 Å². The molecule has 7 heteroatoms. The number of carbonyl (C=O) groups is 1. The van der Waals surface area contributed by atoms with Gasteiger partial charge in [0.2, 0.25) is 0 Å². The predicted molar refractivity (Wildman–Crippen MR) is 77.3 cm³/mol. The Morgan fingerprint density at radius 1 is 1.58 bits per heavy atom. The number of hydrogen-bond donors (Lipinski definition) is 1. The number of Topliss-reactive ketones (excluding diaryl/α,β-unsaturated/α-hetero) is 1. The number of sulfone groups is 1. The van der Waals surface area contributed by atoms with E-state index in [4.69, 9.17) is 0 Å². The molecule has 1 aliphatic rings. The zero-order chi connectivity index (χ0) is 13.9. The van der Waals surface area contributed by atoms with Crippen molar-refractivity contribution in [1.82, 2.24) is 9.88 Å². The second-order valence-electron chi connectivity index (χ2n) is 4.46. The molecule has 1 atom stereocenters. The lowest BCUT2D eigenvalue weighted by Crippen LogP contribution is -2.49. The molecule has 0 spiro atoms. The molecule has 106 valence electrons. The molecule has 2 rings (SSSR count). The quantitative estimate of drug-likeness (QED) is 0.822. The van der Waals surface area contributed by atoms with Gasteiger partial charge in [-0.3, -0.25) is 9.69 Å². The Hall–Kier alpha value is -0.790. The van der Waals surface area contributed by atoms with Crippen molar-refractivity contribution in [2.75, 3.05) is 30.3 Å². The van der Waals surface area contributed by atoms with Crippen LogP contribution in [0.2, 0.25) is 0 Å². The molecular formula is C12H18N2O3S2. The van der Waals surface area contributed by atoms with Crippen LogP contribution >= 0.6 is 11.8 Å². The molecule has 2 heterocycles. The third-order valence-corrected chi connectivity index (χ3v) is 6.58. The molecule has 1 aliphatic heterocycles. The average Bonchev–Trinajstić information content (AvgIpc) is 2.93. The lowest BCUT2D eigenvalue weighted by atomic mass is 10.2. The fourth-order valence-corrected chi connectivity index (χ4v) is 5.17. The standard InChI is InChI=1S/C12H18N2O3S2/c1-2-19(16,17)12-9-18-7-6-14(12)8-11(15)10-4-3-5-13-10/h3-5,12-13H,2,6-9H2,1H3. The van der Waals surface area contributed by atoms with E-state index in [1.807, 2.05) is 0 Å². The first-order chi connectivity index (χ1) is 9.04. The van der Waals surface area contributed by atoms with E-state index >= 15 is 0 Å². The van der Waals surface area contributed by atoms with Crippen LogP contribution in [0.3, 0.4) is 0 Å². The van der Waals surface area contributed by atoms with Gasteiger partial charge in [-0.25, -0.2) is 8.42 Å². The number of ketones is 1. The summed E-state index contributed by atoms with van der Waals surface area (Å²) < 4.78 is 24.1. The van der Waals surface area contributed by atoms with E-state index in [2.05, 4.69) is 4.98 Å². The molecule has 0 radical (unpaired) electrons. The van der Waals surface area contributed by atoms with Crippen LogP contribution < -0.4 is 0 Å². The maximum atomic E-state index is 12.1. The topological polar surface area (TPSA) is 70.2 Å². The van der Waals surface area contributed by atoms with Gasteiger partial charge in [-0.2, -0.15) is 11.8 Å². The van der Waals surface area contributed by atoms with Crippen LogP contribution in [0.5, 0.6) is 0 Å². The van der Waals surface area contributed by atoms with E-state index in [1.165, 1.54) is 0 Å². The molecule has 0 bridgehead atoms. The first-order valence-corrected chi connectivity index (χ1v) is 9.11. The largest absolute Gasteiger partial charge is 0.359 e. The highest BCUT2D eigenvalue weighted by atomic mass is 32.2. The summed E-state index contributed by atoms with van der Waals surface area (Å²) in [6.45, 7) is 2.45. The monoisotopic (exact) mass is 302 g/mol. The van der Waals surface area contributed by atoms with Gasteiger partial charge in [-0.1, -0.05) is 6.92 Å². The van der Waals surface area contributed by atoms with Gasteiger partial charge in [-0.15, -0.1) is 0 Å². The SMILES string of the molecule is CCS(=O)(=O)C1CSCCN1CC(=O)c1ccc[nH]1. The summed E-state index contributed by atoms with van der Waals surface area (Å²) in [5.74, 6) is 1.47. The van der Waals surface area contributed by atoms with Gasteiger partial charge in [0.25, 0.3) is 0 Å². The molecular weight excluding hydrogens is 284 g/mol. The van der Waals surface area contributed by atoms with Gasteiger partial charge in [0.05, 0.1) is 12.2 Å². The van der Waals surface area contributed by atoms with Gasteiger partial charge >= 0.3 is 0 Å². The van der Waals surface area contributed by atoms with Crippen molar-refractivity contribution in [3.05, 3.63) is 24.0 Å². The first-order valence-electron chi connectivity index (χ1n) is 6.24. The number of aromatic nitrogens is 1. The number of aromatic amines is 1. The molecule has 1 N–H and O–H groups in total. The van der Waals surface area contributed by atoms with Crippen molar-refractivity contribution in [3.63, 3.8) is 0 Å². The Bertz CT molecular complexity index is 525. The van der Waals surface area contributed by atoms with Crippen LogP contribution in [0, 0.1) is 0 Å². The molecule has 1 aromatic heterocycles. The Kier molecular flexibility index (Phi) is 4.70. The maximum Gasteiger partial charge on any atom is 0.192 e. The Morgan fingerprint density at radius 2 is 2.37 bits per heavy atom. The molecule has 0 aromatic carbocycles. The summed E-state index contributed by atoms with van der Waals surface area (Å²) in [4.78, 5) is 16.7. The lowest BCUT2D eigenvalue weighted by Gasteiger charge is -2.33. The van der Waals surface area contributed by atoms with Crippen LogP contribution in [0.25, 0.3) is 0 Å². The van der Waals surface area contributed by atoms with Crippen LogP contribution in [-0.2, 0) is 9.84 Å². The number of H-pyrrole nitrogens is 1. The average molecular weight is 302 g/mol. The third kappa shape index (κ3) is 3.40. The van der Waals surface area contributed by atoms with Crippen LogP contribution in [0.1, 0.15) is 17.4 Å². The van der Waals surface area contributed by atoms with Gasteiger partial charge in [0.1, 0.15) is 5.37 Å². The summed E-state index contributed by atoms with van der Waals surface area (Å²) in [6.07, 6.45) is 1.69. The number of rotatable bonds is 5. The molecule has 5 nitrogen and oxygen atoms in total. The Balaban J connectivity index is 2.10. The summed E-state index contributed by atoms with van der Waals surface area (Å²) in [7, 11) is -3.14. The lowest BCUT2D eigenvalue weighted by molar-refractivity contribution is 0.0924. The molecule has 0 saturated carbocycles. The highest BCUT2D eigenvalue weighted by Crippen LogP contribution is 2.21. The number of thioether (sulfide) groups is 1. The van der Waals surface area contributed by atoms with E-state index in [-0.39, 0.29) is 18.1 Å². The van der Waals surface area contributed by atoms with Crippen molar-refractivity contribution < 1.29 is 13.2 Å². The fraction of sp³-hybridized carbons (Fsp3) is 0.583. The minimum absolute atomic E-state index is 0.0618. The highest BCUT2D eigenvalue weighted by molar-refractivity contribution is 8.01. The molecule has 1 fully saturated rings. The molecule has 0 amide bonds. The van der Waals surface area contributed by atoms with Crippen LogP contribution in [-0.4, -0.2) is 59.8 Å². The Morgan fingerprint density at radius 3 is 3.00 bits per heavy atom. The second kappa shape index (κ2) is 6.11. The van der Waals surface area contributed by atoms with Gasteiger partial charge < -0.3 is 4.98 Å². The normalized spacial score (nSPS) is 21.4. The second-order valence-corrected chi connectivity index (χ2v) is 8.06. The third-order valence-electron chi connectivity index (χ3n) is 3.25. The van der Waals surface area contributed by atoms with Crippen LogP contribution in [0.15, 0.2) is 18.3 Å². The highest BCUT2D eigenvalue weighted by Gasteiger charge is 2.33. The van der Waals surface area contributed by atoms with E-state index < -0.39 is 15.2 Å². The van der Waals surface area contributed by atoms with Crippen molar-refractivity contribution >= 4 is 27.4 Å². The summed E-state index contributed by atoms with van der Waals surface area (Å²) in [5, 5.41) is -0.532. The minimum atomic E-state index is -3.14. The predicted octanol–water partition coefficient (Wildman–Crippen LogP) is 1.01. The number of carbonyl (C=O) groups excluding carboxylic acids is 1. The van der Waals surface area contributed by atoms with E-state index in [9.17, 15) is 13.2 Å². The summed E-state index contributed by atoms with van der Waals surface area (Å²) in [6, 6.07) is 3.48.